The number of allylic oxidation sites excluding steroid dienone is 1. The number of hydrogen-bond acceptors (Lipinski definition) is 2. The summed E-state index contributed by atoms with van der Waals surface area (Å²) in [6.45, 7) is 0. The molecule has 0 aliphatic carbocycles. The predicted octanol–water partition coefficient (Wildman–Crippen LogP) is 4.60. The fourth-order valence-corrected chi connectivity index (χ4v) is 2.52. The van der Waals surface area contributed by atoms with Crippen LogP contribution in [-0.2, 0) is 0 Å². The maximum Gasteiger partial charge on any atom is 0.335 e. The van der Waals surface area contributed by atoms with Crippen LogP contribution in [0.25, 0.3) is 22.4 Å². The Hall–Kier alpha value is -3.38. The van der Waals surface area contributed by atoms with E-state index in [1.165, 1.54) is 12.1 Å². The lowest BCUT2D eigenvalue weighted by Crippen LogP contribution is -1.95. The summed E-state index contributed by atoms with van der Waals surface area (Å²) in [5.41, 5.74) is 2.43. The van der Waals surface area contributed by atoms with Crippen LogP contribution in [0.2, 0.25) is 0 Å². The summed E-state index contributed by atoms with van der Waals surface area (Å²) in [6, 6.07) is 22.5. The second kappa shape index (κ2) is 6.17. The molecule has 0 unspecified atom stereocenters. The molecule has 0 aliphatic rings. The maximum atomic E-state index is 10.9. The largest absolute Gasteiger partial charge is 0.478 e. The Morgan fingerprint density at radius 1 is 0.957 bits per heavy atom. The molecule has 0 atom stereocenters. The van der Waals surface area contributed by atoms with E-state index in [4.69, 9.17) is 5.11 Å². The Morgan fingerprint density at radius 2 is 1.65 bits per heavy atom. The number of rotatable bonds is 3. The molecule has 3 rings (SSSR count). The highest BCUT2D eigenvalue weighted by Crippen LogP contribution is 2.26. The van der Waals surface area contributed by atoms with Crippen molar-refractivity contribution in [3.8, 4) is 6.07 Å². The molecule has 0 amide bonds. The zero-order valence-corrected chi connectivity index (χ0v) is 12.2. The first-order valence-corrected chi connectivity index (χ1v) is 7.12. The average Bonchev–Trinajstić information content (AvgIpc) is 2.59. The van der Waals surface area contributed by atoms with Crippen LogP contribution in [0.3, 0.4) is 0 Å². The van der Waals surface area contributed by atoms with Gasteiger partial charge in [0.1, 0.15) is 0 Å². The Kier molecular flexibility index (Phi) is 3.90. The van der Waals surface area contributed by atoms with Crippen LogP contribution in [0.15, 0.2) is 66.7 Å². The highest BCUT2D eigenvalue weighted by molar-refractivity contribution is 6.01. The first kappa shape index (κ1) is 14.6. The number of carbonyl (C=O) groups is 1. The van der Waals surface area contributed by atoms with Crippen molar-refractivity contribution < 1.29 is 9.90 Å². The van der Waals surface area contributed by atoms with Gasteiger partial charge in [-0.15, -0.1) is 0 Å². The fraction of sp³-hybridized carbons (Fsp3) is 0. The number of aromatic carboxylic acids is 1. The molecule has 0 aromatic heterocycles. The molecule has 0 spiro atoms. The van der Waals surface area contributed by atoms with Crippen molar-refractivity contribution in [1.82, 2.24) is 0 Å². The van der Waals surface area contributed by atoms with Crippen molar-refractivity contribution in [3.05, 3.63) is 83.4 Å². The molecule has 0 radical (unpaired) electrons. The Bertz CT molecular complexity index is 942. The van der Waals surface area contributed by atoms with Gasteiger partial charge < -0.3 is 5.11 Å². The summed E-state index contributed by atoms with van der Waals surface area (Å²) in [6.07, 6.45) is 1.77. The number of fused-ring (bicyclic) bond motifs is 1. The summed E-state index contributed by atoms with van der Waals surface area (Å²) in [7, 11) is 0. The molecule has 110 valence electrons. The van der Waals surface area contributed by atoms with Crippen LogP contribution in [0.4, 0.5) is 0 Å². The standard InChI is InChI=1S/C20H13NO2/c21-13-17(12-14-8-10-16(11-9-14)20(22)23)19-7-3-5-15-4-1-2-6-18(15)19/h1-12H,(H,22,23)/b17-12+. The first-order valence-electron chi connectivity index (χ1n) is 7.12. The maximum absolute atomic E-state index is 10.9. The number of carboxylic acid groups (broad SMARTS) is 1. The lowest BCUT2D eigenvalue weighted by molar-refractivity contribution is 0.0697. The van der Waals surface area contributed by atoms with Crippen molar-refractivity contribution in [2.24, 2.45) is 0 Å². The molecule has 0 fully saturated rings. The molecule has 0 aliphatic heterocycles. The minimum atomic E-state index is -0.963. The molecular weight excluding hydrogens is 286 g/mol. The van der Waals surface area contributed by atoms with E-state index in [0.717, 1.165) is 21.9 Å². The van der Waals surface area contributed by atoms with Crippen molar-refractivity contribution in [3.63, 3.8) is 0 Å². The molecule has 3 aromatic carbocycles. The van der Waals surface area contributed by atoms with Crippen molar-refractivity contribution in [2.75, 3.05) is 0 Å². The van der Waals surface area contributed by atoms with E-state index in [1.54, 1.807) is 18.2 Å². The second-order valence-electron chi connectivity index (χ2n) is 5.12. The van der Waals surface area contributed by atoms with Gasteiger partial charge in [-0.25, -0.2) is 4.79 Å². The number of carboxylic acids is 1. The van der Waals surface area contributed by atoms with E-state index in [1.807, 2.05) is 42.5 Å². The summed E-state index contributed by atoms with van der Waals surface area (Å²) < 4.78 is 0. The molecule has 0 saturated carbocycles. The van der Waals surface area contributed by atoms with E-state index < -0.39 is 5.97 Å². The third-order valence-corrected chi connectivity index (χ3v) is 3.67. The smallest absolute Gasteiger partial charge is 0.335 e. The van der Waals surface area contributed by atoms with Crippen LogP contribution in [0.1, 0.15) is 21.5 Å². The van der Waals surface area contributed by atoms with E-state index in [0.29, 0.717) is 5.57 Å². The summed E-state index contributed by atoms with van der Waals surface area (Å²) in [5.74, 6) is -0.963. The van der Waals surface area contributed by atoms with Gasteiger partial charge in [0.05, 0.1) is 17.2 Å². The van der Waals surface area contributed by atoms with Crippen molar-refractivity contribution in [2.45, 2.75) is 0 Å². The van der Waals surface area contributed by atoms with E-state index in [9.17, 15) is 10.1 Å². The number of nitriles is 1. The highest BCUT2D eigenvalue weighted by Gasteiger charge is 2.06. The molecule has 23 heavy (non-hydrogen) atoms. The van der Waals surface area contributed by atoms with Gasteiger partial charge >= 0.3 is 5.97 Å². The van der Waals surface area contributed by atoms with E-state index in [-0.39, 0.29) is 5.56 Å². The predicted molar refractivity (Wildman–Crippen MR) is 90.8 cm³/mol. The average molecular weight is 299 g/mol. The van der Waals surface area contributed by atoms with Crippen LogP contribution in [0.5, 0.6) is 0 Å². The van der Waals surface area contributed by atoms with Crippen LogP contribution >= 0.6 is 0 Å². The second-order valence-corrected chi connectivity index (χ2v) is 5.12. The molecule has 0 saturated heterocycles. The molecule has 3 heteroatoms. The van der Waals surface area contributed by atoms with Crippen LogP contribution < -0.4 is 0 Å². The number of hydrogen-bond donors (Lipinski definition) is 1. The third-order valence-electron chi connectivity index (χ3n) is 3.67. The number of benzene rings is 3. The summed E-state index contributed by atoms with van der Waals surface area (Å²) in [5, 5.41) is 20.6. The molecule has 3 nitrogen and oxygen atoms in total. The van der Waals surface area contributed by atoms with Gasteiger partial charge in [0.15, 0.2) is 0 Å². The van der Waals surface area contributed by atoms with Gasteiger partial charge in [0.2, 0.25) is 0 Å². The fourth-order valence-electron chi connectivity index (χ4n) is 2.52. The van der Waals surface area contributed by atoms with Gasteiger partial charge in [-0.2, -0.15) is 5.26 Å². The molecule has 0 heterocycles. The van der Waals surface area contributed by atoms with Gasteiger partial charge in [-0.05, 0) is 34.5 Å². The number of nitrogens with zero attached hydrogens (tertiary/aromatic N) is 1. The zero-order chi connectivity index (χ0) is 16.2. The van der Waals surface area contributed by atoms with Crippen LogP contribution in [-0.4, -0.2) is 11.1 Å². The summed E-state index contributed by atoms with van der Waals surface area (Å²) >= 11 is 0. The van der Waals surface area contributed by atoms with Crippen molar-refractivity contribution >= 4 is 28.4 Å². The Labute approximate surface area is 133 Å². The molecule has 1 N–H and O–H groups in total. The normalized spacial score (nSPS) is 11.2. The minimum Gasteiger partial charge on any atom is -0.478 e. The van der Waals surface area contributed by atoms with Gasteiger partial charge in [-0.1, -0.05) is 54.6 Å². The van der Waals surface area contributed by atoms with Gasteiger partial charge in [-0.3, -0.25) is 0 Å². The van der Waals surface area contributed by atoms with Crippen LogP contribution in [0, 0.1) is 11.3 Å². The molecule has 0 bridgehead atoms. The van der Waals surface area contributed by atoms with Gasteiger partial charge in [0.25, 0.3) is 0 Å². The zero-order valence-electron chi connectivity index (χ0n) is 12.2. The Morgan fingerprint density at radius 3 is 2.35 bits per heavy atom. The topological polar surface area (TPSA) is 61.1 Å². The Balaban J connectivity index is 2.08. The van der Waals surface area contributed by atoms with E-state index in [2.05, 4.69) is 6.07 Å². The first-order chi connectivity index (χ1) is 11.2. The minimum absolute atomic E-state index is 0.228. The third kappa shape index (κ3) is 2.97. The van der Waals surface area contributed by atoms with E-state index >= 15 is 0 Å². The lowest BCUT2D eigenvalue weighted by atomic mass is 9.97. The quantitative estimate of drug-likeness (QED) is 0.568. The summed E-state index contributed by atoms with van der Waals surface area (Å²) in [4.78, 5) is 10.9. The van der Waals surface area contributed by atoms with Crippen molar-refractivity contribution in [1.29, 1.82) is 5.26 Å². The highest BCUT2D eigenvalue weighted by atomic mass is 16.4. The van der Waals surface area contributed by atoms with Gasteiger partial charge in [0, 0.05) is 5.56 Å². The monoisotopic (exact) mass is 299 g/mol. The molecule has 3 aromatic rings. The lowest BCUT2D eigenvalue weighted by Gasteiger charge is -2.05. The SMILES string of the molecule is N#C/C(=C\c1ccc(C(=O)O)cc1)c1cccc2ccccc12. The molecular formula is C20H13NO2.